The van der Waals surface area contributed by atoms with Crippen LogP contribution in [0.15, 0.2) is 12.2 Å². The van der Waals surface area contributed by atoms with Crippen LogP contribution in [0.2, 0.25) is 0 Å². The molecule has 1 saturated heterocycles. The van der Waals surface area contributed by atoms with E-state index in [-0.39, 0.29) is 18.6 Å². The summed E-state index contributed by atoms with van der Waals surface area (Å²) >= 11 is 0. The van der Waals surface area contributed by atoms with Gasteiger partial charge >= 0.3 is 5.97 Å². The van der Waals surface area contributed by atoms with Gasteiger partial charge in [0.15, 0.2) is 0 Å². The number of carbonyl (C=O) groups is 1. The van der Waals surface area contributed by atoms with Crippen LogP contribution in [0.1, 0.15) is 122 Å². The van der Waals surface area contributed by atoms with Crippen LogP contribution in [0.3, 0.4) is 0 Å². The molecule has 1 N–H and O–H groups in total. The van der Waals surface area contributed by atoms with E-state index in [4.69, 9.17) is 9.84 Å². The topological polar surface area (TPSA) is 49.8 Å². The van der Waals surface area contributed by atoms with E-state index >= 15 is 0 Å². The Hall–Kier alpha value is -0.830. The molecule has 1 fully saturated rings. The Labute approximate surface area is 168 Å². The monoisotopic (exact) mass is 380 g/mol. The molecule has 0 aromatic carbocycles. The van der Waals surface area contributed by atoms with E-state index in [0.717, 1.165) is 19.3 Å². The van der Waals surface area contributed by atoms with E-state index < -0.39 is 5.97 Å². The van der Waals surface area contributed by atoms with Crippen molar-refractivity contribution in [3.05, 3.63) is 12.2 Å². The maximum absolute atomic E-state index is 10.5. The zero-order valence-electron chi connectivity index (χ0n) is 17.8. The fourth-order valence-corrected chi connectivity index (χ4v) is 3.70. The average Bonchev–Trinajstić information content (AvgIpc) is 3.39. The first kappa shape index (κ1) is 24.2. The fraction of sp³-hybridized carbons (Fsp3) is 0.875. The summed E-state index contributed by atoms with van der Waals surface area (Å²) < 4.78 is 5.54. The van der Waals surface area contributed by atoms with Crippen molar-refractivity contribution >= 4 is 5.97 Å². The third kappa shape index (κ3) is 15.9. The summed E-state index contributed by atoms with van der Waals surface area (Å²) in [6.07, 6.45) is 27.6. The lowest BCUT2D eigenvalue weighted by Crippen LogP contribution is -1.97. The second-order valence-corrected chi connectivity index (χ2v) is 8.24. The first-order valence-electron chi connectivity index (χ1n) is 11.8. The first-order chi connectivity index (χ1) is 13.2. The second kappa shape index (κ2) is 17.3. The summed E-state index contributed by atoms with van der Waals surface area (Å²) in [6, 6.07) is 0. The predicted molar refractivity (Wildman–Crippen MR) is 114 cm³/mol. The molecule has 1 heterocycles. The summed E-state index contributed by atoms with van der Waals surface area (Å²) in [6.45, 7) is 2.28. The molecule has 1 aliphatic rings. The van der Waals surface area contributed by atoms with Crippen molar-refractivity contribution in [3.63, 3.8) is 0 Å². The Morgan fingerprint density at radius 2 is 1.33 bits per heavy atom. The Bertz CT molecular complexity index is 378. The van der Waals surface area contributed by atoms with Crippen LogP contribution in [0.25, 0.3) is 0 Å². The number of carboxylic acids is 1. The standard InChI is InChI=1S/C24H44O3/c1-2-3-4-5-6-7-8-9-10-11-12-13-14-15-16-17-19-22-23(27-22)20-18-21-24(25)26/h17,19,22-23H,2-16,18,20-21H2,1H3,(H,25,26)/b19-17+. The summed E-state index contributed by atoms with van der Waals surface area (Å²) in [7, 11) is 0. The molecule has 0 spiro atoms. The molecule has 1 aliphatic heterocycles. The van der Waals surface area contributed by atoms with Gasteiger partial charge in [-0.25, -0.2) is 0 Å². The lowest BCUT2D eigenvalue weighted by Gasteiger charge is -2.02. The molecule has 0 aromatic heterocycles. The number of aliphatic carboxylic acids is 1. The molecular formula is C24H44O3. The van der Waals surface area contributed by atoms with E-state index in [0.29, 0.717) is 0 Å². The minimum Gasteiger partial charge on any atom is -0.481 e. The maximum atomic E-state index is 10.5. The van der Waals surface area contributed by atoms with Crippen LogP contribution < -0.4 is 0 Å². The summed E-state index contributed by atoms with van der Waals surface area (Å²) in [4.78, 5) is 10.5. The number of allylic oxidation sites excluding steroid dienone is 1. The molecule has 0 amide bonds. The molecule has 1 rings (SSSR count). The third-order valence-electron chi connectivity index (χ3n) is 5.55. The van der Waals surface area contributed by atoms with Gasteiger partial charge in [0, 0.05) is 6.42 Å². The molecule has 2 atom stereocenters. The Kier molecular flexibility index (Phi) is 15.5. The normalized spacial score (nSPS) is 19.0. The van der Waals surface area contributed by atoms with Crippen molar-refractivity contribution in [1.82, 2.24) is 0 Å². The van der Waals surface area contributed by atoms with Crippen LogP contribution in [0.4, 0.5) is 0 Å². The maximum Gasteiger partial charge on any atom is 0.303 e. The van der Waals surface area contributed by atoms with Crippen molar-refractivity contribution in [2.45, 2.75) is 135 Å². The largest absolute Gasteiger partial charge is 0.481 e. The molecule has 0 aliphatic carbocycles. The van der Waals surface area contributed by atoms with Gasteiger partial charge in [0.1, 0.15) is 6.10 Å². The molecule has 0 bridgehead atoms. The predicted octanol–water partition coefficient (Wildman–Crippen LogP) is 7.44. The zero-order chi connectivity index (χ0) is 19.6. The number of hydrogen-bond acceptors (Lipinski definition) is 2. The van der Waals surface area contributed by atoms with Crippen molar-refractivity contribution in [1.29, 1.82) is 0 Å². The quantitative estimate of drug-likeness (QED) is 0.136. The minimum absolute atomic E-state index is 0.255. The van der Waals surface area contributed by atoms with Gasteiger partial charge in [0.2, 0.25) is 0 Å². The highest BCUT2D eigenvalue weighted by molar-refractivity contribution is 5.66. The lowest BCUT2D eigenvalue weighted by atomic mass is 10.0. The van der Waals surface area contributed by atoms with Crippen LogP contribution in [0, 0.1) is 0 Å². The van der Waals surface area contributed by atoms with Gasteiger partial charge in [-0.1, -0.05) is 103 Å². The Morgan fingerprint density at radius 3 is 1.85 bits per heavy atom. The number of carboxylic acid groups (broad SMARTS) is 1. The molecule has 2 unspecified atom stereocenters. The SMILES string of the molecule is CCCCCCCCCCCCCCCC/C=C/C1OC1CCCC(=O)O. The Morgan fingerprint density at radius 1 is 0.815 bits per heavy atom. The minimum atomic E-state index is -0.708. The molecular weight excluding hydrogens is 336 g/mol. The molecule has 3 heteroatoms. The van der Waals surface area contributed by atoms with Crippen LogP contribution >= 0.6 is 0 Å². The highest BCUT2D eigenvalue weighted by Gasteiger charge is 2.35. The number of ether oxygens (including phenoxy) is 1. The van der Waals surface area contributed by atoms with Gasteiger partial charge in [-0.15, -0.1) is 0 Å². The van der Waals surface area contributed by atoms with Crippen LogP contribution in [-0.2, 0) is 9.53 Å². The van der Waals surface area contributed by atoms with Crippen molar-refractivity contribution in [2.24, 2.45) is 0 Å². The van der Waals surface area contributed by atoms with Crippen LogP contribution in [0.5, 0.6) is 0 Å². The molecule has 0 aromatic rings. The van der Waals surface area contributed by atoms with Crippen molar-refractivity contribution < 1.29 is 14.6 Å². The number of epoxide rings is 1. The van der Waals surface area contributed by atoms with E-state index in [1.165, 1.54) is 89.9 Å². The van der Waals surface area contributed by atoms with E-state index in [1.54, 1.807) is 0 Å². The molecule has 3 nitrogen and oxygen atoms in total. The zero-order valence-corrected chi connectivity index (χ0v) is 17.8. The number of hydrogen-bond donors (Lipinski definition) is 1. The smallest absolute Gasteiger partial charge is 0.303 e. The highest BCUT2D eigenvalue weighted by atomic mass is 16.6. The van der Waals surface area contributed by atoms with Gasteiger partial charge < -0.3 is 9.84 Å². The van der Waals surface area contributed by atoms with E-state index in [2.05, 4.69) is 19.1 Å². The second-order valence-electron chi connectivity index (χ2n) is 8.24. The molecule has 0 saturated carbocycles. The summed E-state index contributed by atoms with van der Waals surface area (Å²) in [5, 5.41) is 8.62. The average molecular weight is 381 g/mol. The molecule has 27 heavy (non-hydrogen) atoms. The summed E-state index contributed by atoms with van der Waals surface area (Å²) in [5.41, 5.74) is 0. The van der Waals surface area contributed by atoms with E-state index in [1.807, 2.05) is 0 Å². The fourth-order valence-electron chi connectivity index (χ4n) is 3.70. The number of unbranched alkanes of at least 4 members (excludes halogenated alkanes) is 14. The Balaban J connectivity index is 1.73. The highest BCUT2D eigenvalue weighted by Crippen LogP contribution is 2.28. The van der Waals surface area contributed by atoms with Crippen LogP contribution in [-0.4, -0.2) is 23.3 Å². The van der Waals surface area contributed by atoms with E-state index in [9.17, 15) is 4.79 Å². The summed E-state index contributed by atoms with van der Waals surface area (Å²) in [5.74, 6) is -0.708. The van der Waals surface area contributed by atoms with Gasteiger partial charge in [-0.05, 0) is 25.7 Å². The van der Waals surface area contributed by atoms with Crippen molar-refractivity contribution in [2.75, 3.05) is 0 Å². The molecule has 158 valence electrons. The molecule has 0 radical (unpaired) electrons. The van der Waals surface area contributed by atoms with Gasteiger partial charge in [-0.2, -0.15) is 0 Å². The van der Waals surface area contributed by atoms with Gasteiger partial charge in [0.05, 0.1) is 6.10 Å². The van der Waals surface area contributed by atoms with Gasteiger partial charge in [0.25, 0.3) is 0 Å². The number of rotatable bonds is 20. The first-order valence-corrected chi connectivity index (χ1v) is 11.8. The van der Waals surface area contributed by atoms with Crippen molar-refractivity contribution in [3.8, 4) is 0 Å². The van der Waals surface area contributed by atoms with Gasteiger partial charge in [-0.3, -0.25) is 4.79 Å². The lowest BCUT2D eigenvalue weighted by molar-refractivity contribution is -0.137. The third-order valence-corrected chi connectivity index (χ3v) is 5.55.